The number of ketones is 1. The Balaban J connectivity index is 1.20. The predicted molar refractivity (Wildman–Crippen MR) is 232 cm³/mol. The number of ether oxygens (including phenoxy) is 1. The summed E-state index contributed by atoms with van der Waals surface area (Å²) in [4.78, 5) is 67.5. The van der Waals surface area contributed by atoms with E-state index in [2.05, 4.69) is 62.6 Å². The van der Waals surface area contributed by atoms with Gasteiger partial charge in [0.05, 0.1) is 28.6 Å². The molecule has 312 valence electrons. The first-order valence-corrected chi connectivity index (χ1v) is 21.0. The number of rotatable bonds is 13. The second-order valence-corrected chi connectivity index (χ2v) is 16.9. The summed E-state index contributed by atoms with van der Waals surface area (Å²) in [5.41, 5.74) is 4.74. The highest BCUT2D eigenvalue weighted by Crippen LogP contribution is 2.40. The molecule has 0 bridgehead atoms. The Bertz CT molecular complexity index is 2550. The Kier molecular flexibility index (Phi) is 12.9. The molecule has 0 saturated carbocycles. The van der Waals surface area contributed by atoms with Gasteiger partial charge in [-0.05, 0) is 88.7 Å². The summed E-state index contributed by atoms with van der Waals surface area (Å²) in [6.07, 6.45) is 2.12. The summed E-state index contributed by atoms with van der Waals surface area (Å²) in [6.45, 7) is 8.73. The number of halogens is 2. The molecule has 0 spiro atoms. The number of nitrogens with zero attached hydrogens (tertiary/aromatic N) is 1. The van der Waals surface area contributed by atoms with E-state index in [1.807, 2.05) is 18.2 Å². The lowest BCUT2D eigenvalue weighted by atomic mass is 9.90. The highest BCUT2D eigenvalue weighted by molar-refractivity contribution is 8.18. The number of imide groups is 1. The van der Waals surface area contributed by atoms with Crippen LogP contribution in [0.25, 0.3) is 17.2 Å². The molecular weight excluding hydrogens is 797 g/mol. The van der Waals surface area contributed by atoms with Gasteiger partial charge in [-0.3, -0.25) is 29.3 Å². The highest BCUT2D eigenvalue weighted by atomic mass is 32.2. The van der Waals surface area contributed by atoms with Crippen molar-refractivity contribution in [2.75, 3.05) is 13.1 Å². The number of hydrogen-bond acceptors (Lipinski definition) is 7. The monoisotopic (exact) mass is 841 g/mol. The van der Waals surface area contributed by atoms with Gasteiger partial charge in [0.25, 0.3) is 23.0 Å². The fourth-order valence-electron chi connectivity index (χ4n) is 7.81. The Hall–Kier alpha value is -6.40. The zero-order valence-electron chi connectivity index (χ0n) is 34.2. The number of carbonyl (C=O) groups excluding carboxylic acids is 5. The first-order chi connectivity index (χ1) is 29.3. The molecule has 5 aromatic carbocycles. The van der Waals surface area contributed by atoms with E-state index in [0.29, 0.717) is 29.5 Å². The van der Waals surface area contributed by atoms with Gasteiger partial charge in [0.2, 0.25) is 0 Å². The summed E-state index contributed by atoms with van der Waals surface area (Å²) in [7, 11) is 0. The molecule has 0 aromatic heterocycles. The predicted octanol–water partition coefficient (Wildman–Crippen LogP) is 9.60. The lowest BCUT2D eigenvalue weighted by molar-refractivity contribution is -0.115. The van der Waals surface area contributed by atoms with Crippen molar-refractivity contribution < 1.29 is 37.5 Å². The highest BCUT2D eigenvalue weighted by Gasteiger charge is 2.39. The third-order valence-corrected chi connectivity index (χ3v) is 11.5. The van der Waals surface area contributed by atoms with Crippen molar-refractivity contribution in [3.8, 4) is 16.9 Å². The Labute approximate surface area is 357 Å². The molecule has 4 amide bonds. The first-order valence-electron chi connectivity index (χ1n) is 20.2. The van der Waals surface area contributed by atoms with E-state index in [9.17, 15) is 32.8 Å². The molecule has 7 rings (SSSR count). The van der Waals surface area contributed by atoms with Crippen LogP contribution in [-0.4, -0.2) is 58.9 Å². The molecule has 0 radical (unpaired) electrons. The van der Waals surface area contributed by atoms with Crippen LogP contribution in [0.5, 0.6) is 5.75 Å². The zero-order chi connectivity index (χ0) is 43.4. The summed E-state index contributed by atoms with van der Waals surface area (Å²) < 4.78 is 35.7. The lowest BCUT2D eigenvalue weighted by Crippen LogP contribution is -2.43. The van der Waals surface area contributed by atoms with Gasteiger partial charge in [-0.2, -0.15) is 0 Å². The average Bonchev–Trinajstić information content (AvgIpc) is 3.80. The van der Waals surface area contributed by atoms with E-state index in [4.69, 9.17) is 4.74 Å². The van der Waals surface area contributed by atoms with Gasteiger partial charge in [0.1, 0.15) is 23.5 Å². The summed E-state index contributed by atoms with van der Waals surface area (Å²) in [5.74, 6) is -2.76. The Morgan fingerprint density at radius 1 is 0.852 bits per heavy atom. The van der Waals surface area contributed by atoms with Crippen LogP contribution < -0.4 is 15.4 Å². The molecule has 2 aliphatic rings. The lowest BCUT2D eigenvalue weighted by Gasteiger charge is -2.26. The van der Waals surface area contributed by atoms with Gasteiger partial charge >= 0.3 is 0 Å². The van der Waals surface area contributed by atoms with Crippen molar-refractivity contribution in [1.29, 1.82) is 0 Å². The normalized spacial score (nSPS) is 17.0. The van der Waals surface area contributed by atoms with Gasteiger partial charge < -0.3 is 15.0 Å². The van der Waals surface area contributed by atoms with Crippen molar-refractivity contribution in [2.24, 2.45) is 5.92 Å². The van der Waals surface area contributed by atoms with Crippen LogP contribution in [0.15, 0.2) is 114 Å². The second kappa shape index (κ2) is 18.5. The minimum atomic E-state index is -1.04. The standard InChI is InChI=1S/C49H45F2N3O6S/c1-28(2)22-32-10-9-15-39(37-12-6-5-11-36(37)29(3)4)45(32)60-35-25-34(26-52-46(56)31-18-16-30(17-19-31)23-43-47(57)53-49(59)61-43)54(27-35)48(58)40-14-8-7-13-38(40)44(55)41-21-20-33(50)24-42(41)51/h5-21,23-24,28-29,34-35H,22,25-27H2,1-4H3,(H,52,56)(H,53,57,59)/b43-23-/t34-,35+/m0/s1. The SMILES string of the molecule is CC(C)Cc1cccc(-c2ccccc2C(C)C)c1O[C@@H]1C[C@@H](CNC(=O)c2ccc(/C=C3\SC(=O)NC3=O)cc2)N(C(=O)c2ccccc2C(=O)c2ccc(F)cc2F)C1. The molecule has 2 saturated heterocycles. The van der Waals surface area contributed by atoms with Gasteiger partial charge in [0, 0.05) is 35.7 Å². The first kappa shape index (κ1) is 42.7. The van der Waals surface area contributed by atoms with Crippen molar-refractivity contribution in [3.05, 3.63) is 165 Å². The Morgan fingerprint density at radius 3 is 2.25 bits per heavy atom. The fourth-order valence-corrected chi connectivity index (χ4v) is 8.49. The smallest absolute Gasteiger partial charge is 0.290 e. The molecule has 2 fully saturated rings. The van der Waals surface area contributed by atoms with Crippen molar-refractivity contribution in [1.82, 2.24) is 15.5 Å². The Morgan fingerprint density at radius 2 is 1.56 bits per heavy atom. The number of thioether (sulfide) groups is 1. The van der Waals surface area contributed by atoms with Gasteiger partial charge in [-0.1, -0.05) is 100 Å². The van der Waals surface area contributed by atoms with E-state index in [-0.39, 0.29) is 40.6 Å². The number of carbonyl (C=O) groups is 5. The van der Waals surface area contributed by atoms with Crippen molar-refractivity contribution in [3.63, 3.8) is 0 Å². The van der Waals surface area contributed by atoms with Crippen LogP contribution in [0.1, 0.15) is 93.4 Å². The maximum Gasteiger partial charge on any atom is 0.290 e. The molecule has 61 heavy (non-hydrogen) atoms. The molecular formula is C49H45F2N3O6S. The van der Waals surface area contributed by atoms with Crippen LogP contribution in [0, 0.1) is 17.6 Å². The van der Waals surface area contributed by atoms with Crippen LogP contribution in [0.3, 0.4) is 0 Å². The van der Waals surface area contributed by atoms with E-state index >= 15 is 0 Å². The summed E-state index contributed by atoms with van der Waals surface area (Å²) in [6, 6.07) is 29.1. The largest absolute Gasteiger partial charge is 0.488 e. The molecule has 0 unspecified atom stereocenters. The van der Waals surface area contributed by atoms with Crippen molar-refractivity contribution in [2.45, 2.75) is 58.6 Å². The van der Waals surface area contributed by atoms with Gasteiger partial charge in [-0.15, -0.1) is 0 Å². The van der Waals surface area contributed by atoms with E-state index < -0.39 is 52.5 Å². The number of hydrogen-bond donors (Lipinski definition) is 2. The number of para-hydroxylation sites is 1. The van der Waals surface area contributed by atoms with E-state index in [1.54, 1.807) is 47.4 Å². The van der Waals surface area contributed by atoms with Crippen molar-refractivity contribution >= 4 is 46.6 Å². The molecule has 5 aromatic rings. The zero-order valence-corrected chi connectivity index (χ0v) is 35.0. The fraction of sp³-hybridized carbons (Fsp3) is 0.245. The third-order valence-electron chi connectivity index (χ3n) is 10.7. The van der Waals surface area contributed by atoms with Crippen LogP contribution >= 0.6 is 11.8 Å². The number of likely N-dealkylation sites (tertiary alicyclic amines) is 1. The minimum Gasteiger partial charge on any atom is -0.488 e. The number of benzene rings is 5. The second-order valence-electron chi connectivity index (χ2n) is 15.9. The van der Waals surface area contributed by atoms with Crippen LogP contribution in [-0.2, 0) is 11.2 Å². The molecule has 2 atom stereocenters. The maximum absolute atomic E-state index is 14.9. The molecule has 2 aliphatic heterocycles. The van der Waals surface area contributed by atoms with E-state index in [0.717, 1.165) is 52.8 Å². The van der Waals surface area contributed by atoms with Crippen LogP contribution in [0.4, 0.5) is 13.6 Å². The van der Waals surface area contributed by atoms with Crippen LogP contribution in [0.2, 0.25) is 0 Å². The maximum atomic E-state index is 14.9. The van der Waals surface area contributed by atoms with Gasteiger partial charge in [0.15, 0.2) is 5.78 Å². The average molecular weight is 842 g/mol. The molecule has 2 N–H and O–H groups in total. The molecule has 12 heteroatoms. The topological polar surface area (TPSA) is 122 Å². The minimum absolute atomic E-state index is 0.0282. The number of nitrogens with one attached hydrogen (secondary N) is 2. The molecule has 2 heterocycles. The molecule has 9 nitrogen and oxygen atoms in total. The third kappa shape index (κ3) is 9.65. The van der Waals surface area contributed by atoms with E-state index in [1.165, 1.54) is 17.7 Å². The summed E-state index contributed by atoms with van der Waals surface area (Å²) >= 11 is 0.800. The molecule has 0 aliphatic carbocycles. The summed E-state index contributed by atoms with van der Waals surface area (Å²) in [5, 5.41) is 4.73. The quantitative estimate of drug-likeness (QED) is 0.0895. The number of amides is 4. The van der Waals surface area contributed by atoms with Gasteiger partial charge in [-0.25, -0.2) is 8.78 Å².